The molecular formula is C13H22N2O. The Kier molecular flexibility index (Phi) is 4.77. The van der Waals surface area contributed by atoms with Crippen LogP contribution in [0.15, 0.2) is 18.2 Å². The highest BCUT2D eigenvalue weighted by atomic mass is 16.3. The van der Waals surface area contributed by atoms with E-state index in [0.717, 1.165) is 6.54 Å². The van der Waals surface area contributed by atoms with Gasteiger partial charge in [0.2, 0.25) is 0 Å². The summed E-state index contributed by atoms with van der Waals surface area (Å²) in [6.07, 6.45) is 0.313. The van der Waals surface area contributed by atoms with E-state index in [2.05, 4.69) is 36.9 Å². The van der Waals surface area contributed by atoms with Crippen molar-refractivity contribution in [2.24, 2.45) is 5.73 Å². The number of aryl methyl sites for hydroxylation is 2. The zero-order chi connectivity index (χ0) is 12.1. The Hall–Kier alpha value is -1.06. The zero-order valence-electron chi connectivity index (χ0n) is 10.4. The van der Waals surface area contributed by atoms with Crippen LogP contribution >= 0.6 is 0 Å². The lowest BCUT2D eigenvalue weighted by Crippen LogP contribution is -2.27. The third kappa shape index (κ3) is 3.51. The molecule has 90 valence electrons. The zero-order valence-corrected chi connectivity index (χ0v) is 10.4. The Morgan fingerprint density at radius 2 is 2.06 bits per heavy atom. The molecule has 3 heteroatoms. The third-order valence-corrected chi connectivity index (χ3v) is 2.83. The summed E-state index contributed by atoms with van der Waals surface area (Å²) in [5.41, 5.74) is 9.14. The second-order valence-corrected chi connectivity index (χ2v) is 4.39. The van der Waals surface area contributed by atoms with E-state index in [9.17, 15) is 5.11 Å². The summed E-state index contributed by atoms with van der Waals surface area (Å²) < 4.78 is 0. The van der Waals surface area contributed by atoms with Crippen LogP contribution in [0.5, 0.6) is 0 Å². The molecule has 0 saturated heterocycles. The molecule has 3 nitrogen and oxygen atoms in total. The SMILES string of the molecule is Cc1ccc(N(C)CCC(O)CN)c(C)c1. The lowest BCUT2D eigenvalue weighted by atomic mass is 10.1. The van der Waals surface area contributed by atoms with Crippen LogP contribution in [-0.4, -0.2) is 31.3 Å². The van der Waals surface area contributed by atoms with E-state index in [1.807, 2.05) is 7.05 Å². The normalized spacial score (nSPS) is 12.6. The Balaban J connectivity index is 2.62. The van der Waals surface area contributed by atoms with Gasteiger partial charge in [0.25, 0.3) is 0 Å². The maximum Gasteiger partial charge on any atom is 0.0679 e. The fourth-order valence-electron chi connectivity index (χ4n) is 1.81. The Morgan fingerprint density at radius 1 is 1.38 bits per heavy atom. The molecule has 0 aromatic heterocycles. The Labute approximate surface area is 97.9 Å². The molecule has 1 aromatic rings. The van der Waals surface area contributed by atoms with Gasteiger partial charge in [-0.2, -0.15) is 0 Å². The van der Waals surface area contributed by atoms with Gasteiger partial charge in [0.05, 0.1) is 6.10 Å². The van der Waals surface area contributed by atoms with E-state index in [4.69, 9.17) is 5.73 Å². The molecule has 1 atom stereocenters. The minimum absolute atomic E-state index is 0.334. The van der Waals surface area contributed by atoms with E-state index >= 15 is 0 Å². The minimum Gasteiger partial charge on any atom is -0.392 e. The van der Waals surface area contributed by atoms with Gasteiger partial charge in [-0.15, -0.1) is 0 Å². The van der Waals surface area contributed by atoms with Crippen molar-refractivity contribution in [1.82, 2.24) is 0 Å². The van der Waals surface area contributed by atoms with Crippen molar-refractivity contribution < 1.29 is 5.11 Å². The van der Waals surface area contributed by atoms with Gasteiger partial charge >= 0.3 is 0 Å². The van der Waals surface area contributed by atoms with Crippen LogP contribution in [0.3, 0.4) is 0 Å². The van der Waals surface area contributed by atoms with Gasteiger partial charge in [0, 0.05) is 25.8 Å². The van der Waals surface area contributed by atoms with Crippen LogP contribution in [0, 0.1) is 13.8 Å². The molecule has 1 rings (SSSR count). The monoisotopic (exact) mass is 222 g/mol. The predicted molar refractivity (Wildman–Crippen MR) is 68.9 cm³/mol. The van der Waals surface area contributed by atoms with Crippen LogP contribution in [0.25, 0.3) is 0 Å². The number of hydrogen-bond donors (Lipinski definition) is 2. The average molecular weight is 222 g/mol. The van der Waals surface area contributed by atoms with Crippen molar-refractivity contribution in [2.75, 3.05) is 25.0 Å². The second-order valence-electron chi connectivity index (χ2n) is 4.39. The highest BCUT2D eigenvalue weighted by molar-refractivity contribution is 5.53. The highest BCUT2D eigenvalue weighted by Crippen LogP contribution is 2.20. The molecule has 0 spiro atoms. The van der Waals surface area contributed by atoms with Crippen LogP contribution in [0.2, 0.25) is 0 Å². The second kappa shape index (κ2) is 5.87. The van der Waals surface area contributed by atoms with Gasteiger partial charge in [-0.1, -0.05) is 17.7 Å². The quantitative estimate of drug-likeness (QED) is 0.793. The molecule has 0 fully saturated rings. The summed E-state index contributed by atoms with van der Waals surface area (Å²) in [4.78, 5) is 2.16. The molecule has 0 aliphatic heterocycles. The van der Waals surface area contributed by atoms with Crippen LogP contribution in [0.4, 0.5) is 5.69 Å². The first-order valence-electron chi connectivity index (χ1n) is 5.71. The predicted octanol–water partition coefficient (Wildman–Crippen LogP) is 1.45. The summed E-state index contributed by atoms with van der Waals surface area (Å²) >= 11 is 0. The highest BCUT2D eigenvalue weighted by Gasteiger charge is 2.07. The lowest BCUT2D eigenvalue weighted by Gasteiger charge is -2.22. The topological polar surface area (TPSA) is 49.5 Å². The van der Waals surface area contributed by atoms with Gasteiger partial charge in [-0.3, -0.25) is 0 Å². The minimum atomic E-state index is -0.395. The molecule has 3 N–H and O–H groups in total. The summed E-state index contributed by atoms with van der Waals surface area (Å²) in [6.45, 7) is 5.36. The maximum absolute atomic E-state index is 9.42. The number of rotatable bonds is 5. The number of anilines is 1. The van der Waals surface area contributed by atoms with E-state index in [0.29, 0.717) is 13.0 Å². The number of aliphatic hydroxyl groups is 1. The molecule has 0 radical (unpaired) electrons. The fraction of sp³-hybridized carbons (Fsp3) is 0.538. The number of hydrogen-bond acceptors (Lipinski definition) is 3. The van der Waals surface area contributed by atoms with E-state index in [1.54, 1.807) is 0 Å². The van der Waals surface area contributed by atoms with E-state index in [1.165, 1.54) is 16.8 Å². The summed E-state index contributed by atoms with van der Waals surface area (Å²) in [5.74, 6) is 0. The molecule has 0 heterocycles. The standard InChI is InChI=1S/C13H22N2O/c1-10-4-5-13(11(2)8-10)15(3)7-6-12(16)9-14/h4-5,8,12,16H,6-7,9,14H2,1-3H3. The van der Waals surface area contributed by atoms with Gasteiger partial charge in [-0.25, -0.2) is 0 Å². The van der Waals surface area contributed by atoms with E-state index < -0.39 is 6.10 Å². The van der Waals surface area contributed by atoms with Crippen LogP contribution in [0.1, 0.15) is 17.5 Å². The van der Waals surface area contributed by atoms with E-state index in [-0.39, 0.29) is 0 Å². The molecule has 1 aromatic carbocycles. The molecule has 0 aliphatic carbocycles. The average Bonchev–Trinajstić information content (AvgIpc) is 2.25. The Bertz CT molecular complexity index is 339. The molecular weight excluding hydrogens is 200 g/mol. The summed E-state index contributed by atoms with van der Waals surface area (Å²) in [7, 11) is 2.04. The first-order chi connectivity index (χ1) is 7.54. The third-order valence-electron chi connectivity index (χ3n) is 2.83. The summed E-state index contributed by atoms with van der Waals surface area (Å²) in [6, 6.07) is 6.41. The fourth-order valence-corrected chi connectivity index (χ4v) is 1.81. The molecule has 0 saturated carbocycles. The number of aliphatic hydroxyl groups excluding tert-OH is 1. The van der Waals surface area contributed by atoms with Crippen molar-refractivity contribution in [2.45, 2.75) is 26.4 Å². The van der Waals surface area contributed by atoms with Gasteiger partial charge in [0.15, 0.2) is 0 Å². The molecule has 0 amide bonds. The molecule has 16 heavy (non-hydrogen) atoms. The maximum atomic E-state index is 9.42. The first-order valence-corrected chi connectivity index (χ1v) is 5.71. The van der Waals surface area contributed by atoms with Gasteiger partial charge in [0.1, 0.15) is 0 Å². The van der Waals surface area contributed by atoms with Crippen LogP contribution in [-0.2, 0) is 0 Å². The van der Waals surface area contributed by atoms with Gasteiger partial charge < -0.3 is 15.7 Å². The Morgan fingerprint density at radius 3 is 2.62 bits per heavy atom. The van der Waals surface area contributed by atoms with Crippen molar-refractivity contribution in [3.05, 3.63) is 29.3 Å². The van der Waals surface area contributed by atoms with Crippen molar-refractivity contribution in [3.8, 4) is 0 Å². The molecule has 1 unspecified atom stereocenters. The van der Waals surface area contributed by atoms with Crippen molar-refractivity contribution >= 4 is 5.69 Å². The van der Waals surface area contributed by atoms with Gasteiger partial charge in [-0.05, 0) is 31.9 Å². The van der Waals surface area contributed by atoms with Crippen LogP contribution < -0.4 is 10.6 Å². The largest absolute Gasteiger partial charge is 0.392 e. The molecule has 0 aliphatic rings. The number of nitrogens with zero attached hydrogens (tertiary/aromatic N) is 1. The molecule has 0 bridgehead atoms. The number of benzene rings is 1. The first kappa shape index (κ1) is 13.0. The number of nitrogens with two attached hydrogens (primary N) is 1. The van der Waals surface area contributed by atoms with Crippen molar-refractivity contribution in [3.63, 3.8) is 0 Å². The lowest BCUT2D eigenvalue weighted by molar-refractivity contribution is 0.175. The summed E-state index contributed by atoms with van der Waals surface area (Å²) in [5, 5.41) is 9.42. The van der Waals surface area contributed by atoms with Crippen molar-refractivity contribution in [1.29, 1.82) is 0 Å². The smallest absolute Gasteiger partial charge is 0.0679 e.